The van der Waals surface area contributed by atoms with E-state index in [-0.39, 0.29) is 23.8 Å². The van der Waals surface area contributed by atoms with Crippen LogP contribution in [0.25, 0.3) is 5.65 Å². The Morgan fingerprint density at radius 1 is 1.07 bits per heavy atom. The van der Waals surface area contributed by atoms with Crippen molar-refractivity contribution >= 4 is 11.6 Å². The molecule has 11 heteroatoms. The number of hydrogen-bond donors (Lipinski definition) is 2. The lowest BCUT2D eigenvalue weighted by Crippen LogP contribution is -2.34. The van der Waals surface area contributed by atoms with Gasteiger partial charge in [0.25, 0.3) is 5.91 Å². The van der Waals surface area contributed by atoms with Crippen LogP contribution in [-0.4, -0.2) is 45.8 Å². The minimum Gasteiger partial charge on any atom is -0.437 e. The lowest BCUT2D eigenvalue weighted by atomic mass is 10.1. The molecule has 5 rings (SSSR count). The van der Waals surface area contributed by atoms with Crippen LogP contribution in [0, 0.1) is 19.7 Å². The number of imidazole rings is 1. The molecule has 4 aromatic rings. The van der Waals surface area contributed by atoms with Crippen molar-refractivity contribution in [3.05, 3.63) is 89.5 Å². The summed E-state index contributed by atoms with van der Waals surface area (Å²) in [5, 5.41) is 9.72. The number of nitrogens with zero attached hydrogens (tertiary/aromatic N) is 3. The fourth-order valence-corrected chi connectivity index (χ4v) is 3.43. The molecule has 2 N–H and O–H groups in total. The topological polar surface area (TPSA) is 80.5 Å². The Kier molecular flexibility index (Phi) is 10.2. The first-order valence-electron chi connectivity index (χ1n) is 12.7. The smallest absolute Gasteiger partial charge is 0.390 e. The molecule has 0 aliphatic heterocycles. The normalized spacial score (nSPS) is 13.4. The largest absolute Gasteiger partial charge is 0.437 e. The fraction of sp³-hybridized carbons (Fsp3) is 0.345. The second-order valence-corrected chi connectivity index (χ2v) is 9.70. The molecular formula is C29H33F4N5O2. The predicted molar refractivity (Wildman–Crippen MR) is 145 cm³/mol. The van der Waals surface area contributed by atoms with E-state index < -0.39 is 12.6 Å². The number of halogens is 4. The highest BCUT2D eigenvalue weighted by molar-refractivity contribution is 5.96. The molecule has 2 aromatic heterocycles. The second kappa shape index (κ2) is 13.4. The Balaban J connectivity index is 0.000000179. The van der Waals surface area contributed by atoms with Crippen molar-refractivity contribution in [1.82, 2.24) is 25.2 Å². The van der Waals surface area contributed by atoms with E-state index in [4.69, 9.17) is 4.74 Å². The standard InChI is InChI=1S/C13H10FN3O.C12H15NO.C4H8F3N/c1-9-8-15-12-5-6-13(16-17(9)12)18-11-4-2-3-10(14)7-11;1-9-5-3-4-6-10(9)11(14)13-12(2)7-8-12;1-8-3-2-4(5,6)7/h2-8H,1H3;3-6H,7-8H2,1-2H3,(H,13,14);8H,2-3H2,1H3. The summed E-state index contributed by atoms with van der Waals surface area (Å²) in [6.07, 6.45) is -0.823. The van der Waals surface area contributed by atoms with E-state index in [9.17, 15) is 22.4 Å². The molecule has 40 heavy (non-hydrogen) atoms. The van der Waals surface area contributed by atoms with Crippen molar-refractivity contribution in [2.45, 2.75) is 51.7 Å². The first-order valence-corrected chi connectivity index (χ1v) is 12.7. The third-order valence-electron chi connectivity index (χ3n) is 5.99. The summed E-state index contributed by atoms with van der Waals surface area (Å²) >= 11 is 0. The van der Waals surface area contributed by atoms with Gasteiger partial charge in [0.2, 0.25) is 5.88 Å². The first-order chi connectivity index (χ1) is 18.9. The Bertz CT molecular complexity index is 1420. The molecule has 1 aliphatic rings. The van der Waals surface area contributed by atoms with Gasteiger partial charge in [-0.2, -0.15) is 13.2 Å². The second-order valence-electron chi connectivity index (χ2n) is 9.70. The average Bonchev–Trinajstić information content (AvgIpc) is 3.51. The number of nitrogens with one attached hydrogen (secondary N) is 2. The molecule has 0 unspecified atom stereocenters. The van der Waals surface area contributed by atoms with Crippen LogP contribution in [0.2, 0.25) is 0 Å². The molecule has 2 aromatic carbocycles. The number of amides is 1. The number of aromatic nitrogens is 3. The zero-order chi connectivity index (χ0) is 29.3. The number of carbonyl (C=O) groups is 1. The summed E-state index contributed by atoms with van der Waals surface area (Å²) in [4.78, 5) is 16.0. The molecule has 0 spiro atoms. The van der Waals surface area contributed by atoms with Gasteiger partial charge in [0, 0.05) is 29.8 Å². The summed E-state index contributed by atoms with van der Waals surface area (Å²) in [7, 11) is 1.49. The molecule has 1 saturated carbocycles. The molecule has 1 amide bonds. The molecule has 0 saturated heterocycles. The molecule has 1 fully saturated rings. The van der Waals surface area contributed by atoms with Crippen molar-refractivity contribution in [2.24, 2.45) is 0 Å². The molecule has 0 radical (unpaired) electrons. The van der Waals surface area contributed by atoms with Gasteiger partial charge in [-0.25, -0.2) is 13.9 Å². The van der Waals surface area contributed by atoms with Gasteiger partial charge < -0.3 is 15.4 Å². The fourth-order valence-electron chi connectivity index (χ4n) is 3.43. The number of ether oxygens (including phenoxy) is 1. The van der Waals surface area contributed by atoms with Gasteiger partial charge in [-0.15, -0.1) is 5.10 Å². The third kappa shape index (κ3) is 9.64. The highest BCUT2D eigenvalue weighted by Crippen LogP contribution is 2.34. The van der Waals surface area contributed by atoms with Crippen LogP contribution < -0.4 is 15.4 Å². The first kappa shape index (κ1) is 30.6. The maximum atomic E-state index is 13.0. The van der Waals surface area contributed by atoms with E-state index in [1.54, 1.807) is 35.0 Å². The SMILES string of the molecule is CNCCC(F)(F)F.Cc1ccccc1C(=O)NC1(C)CC1.Cc1cnc2ccc(Oc3cccc(F)c3)nn12. The van der Waals surface area contributed by atoms with E-state index in [0.717, 1.165) is 35.3 Å². The molecule has 0 bridgehead atoms. The Morgan fingerprint density at radius 3 is 2.40 bits per heavy atom. The van der Waals surface area contributed by atoms with E-state index in [1.807, 2.05) is 38.1 Å². The minimum atomic E-state index is -4.01. The van der Waals surface area contributed by atoms with Crippen molar-refractivity contribution in [3.63, 3.8) is 0 Å². The predicted octanol–water partition coefficient (Wildman–Crippen LogP) is 6.40. The highest BCUT2D eigenvalue weighted by Gasteiger charge is 2.38. The van der Waals surface area contributed by atoms with Crippen molar-refractivity contribution in [2.75, 3.05) is 13.6 Å². The monoisotopic (exact) mass is 559 g/mol. The summed E-state index contributed by atoms with van der Waals surface area (Å²) < 4.78 is 53.8. The maximum Gasteiger partial charge on any atom is 0.390 e. The van der Waals surface area contributed by atoms with Crippen LogP contribution in [0.1, 0.15) is 47.8 Å². The van der Waals surface area contributed by atoms with E-state index in [1.165, 1.54) is 19.2 Å². The molecular weight excluding hydrogens is 526 g/mol. The zero-order valence-corrected chi connectivity index (χ0v) is 22.8. The summed E-state index contributed by atoms with van der Waals surface area (Å²) in [5.41, 5.74) is 3.56. The van der Waals surface area contributed by atoms with Gasteiger partial charge >= 0.3 is 6.18 Å². The third-order valence-corrected chi connectivity index (χ3v) is 5.99. The number of alkyl halides is 3. The number of benzene rings is 2. The van der Waals surface area contributed by atoms with Gasteiger partial charge in [-0.1, -0.05) is 24.3 Å². The minimum absolute atomic E-state index is 0.00347. The average molecular weight is 560 g/mol. The van der Waals surface area contributed by atoms with Crippen molar-refractivity contribution in [1.29, 1.82) is 0 Å². The van der Waals surface area contributed by atoms with Crippen molar-refractivity contribution in [3.8, 4) is 11.6 Å². The van der Waals surface area contributed by atoms with Gasteiger partial charge in [-0.3, -0.25) is 4.79 Å². The van der Waals surface area contributed by atoms with Crippen molar-refractivity contribution < 1.29 is 27.1 Å². The van der Waals surface area contributed by atoms with E-state index >= 15 is 0 Å². The number of fused-ring (bicyclic) bond motifs is 1. The Morgan fingerprint density at radius 2 is 1.80 bits per heavy atom. The maximum absolute atomic E-state index is 13.0. The van der Waals surface area contributed by atoms with Crippen LogP contribution in [0.3, 0.4) is 0 Å². The number of carbonyl (C=O) groups excluding carboxylic acids is 1. The van der Waals surface area contributed by atoms with Crippen LogP contribution in [0.15, 0.2) is 66.9 Å². The molecule has 214 valence electrons. The lowest BCUT2D eigenvalue weighted by Gasteiger charge is -2.12. The quantitative estimate of drug-likeness (QED) is 0.267. The highest BCUT2D eigenvalue weighted by atomic mass is 19.4. The number of rotatable bonds is 6. The molecule has 0 atom stereocenters. The van der Waals surface area contributed by atoms with E-state index in [2.05, 4.69) is 27.6 Å². The van der Waals surface area contributed by atoms with E-state index in [0.29, 0.717) is 11.6 Å². The number of hydrogen-bond acceptors (Lipinski definition) is 5. The molecule has 7 nitrogen and oxygen atoms in total. The van der Waals surface area contributed by atoms with Crippen LogP contribution >= 0.6 is 0 Å². The zero-order valence-electron chi connectivity index (χ0n) is 22.8. The van der Waals surface area contributed by atoms with Crippen LogP contribution in [0.4, 0.5) is 17.6 Å². The Hall–Kier alpha value is -3.99. The summed E-state index contributed by atoms with van der Waals surface area (Å²) in [6.45, 7) is 5.95. The molecule has 2 heterocycles. The van der Waals surface area contributed by atoms with Gasteiger partial charge in [0.15, 0.2) is 5.65 Å². The van der Waals surface area contributed by atoms with Gasteiger partial charge in [0.1, 0.15) is 11.6 Å². The molecule has 1 aliphatic carbocycles. The van der Waals surface area contributed by atoms with Crippen LogP contribution in [0.5, 0.6) is 11.6 Å². The number of aryl methyl sites for hydroxylation is 2. The van der Waals surface area contributed by atoms with Gasteiger partial charge in [0.05, 0.1) is 18.3 Å². The summed E-state index contributed by atoms with van der Waals surface area (Å²) in [5.74, 6) is 0.532. The Labute approximate surface area is 230 Å². The van der Waals surface area contributed by atoms with Crippen LogP contribution in [-0.2, 0) is 0 Å². The summed E-state index contributed by atoms with van der Waals surface area (Å²) in [6, 6.07) is 17.1. The lowest BCUT2D eigenvalue weighted by molar-refractivity contribution is -0.133. The van der Waals surface area contributed by atoms with Gasteiger partial charge in [-0.05, 0) is 70.5 Å².